The number of esters is 2. The maximum absolute atomic E-state index is 11.5. The Bertz CT molecular complexity index is 906. The first kappa shape index (κ1) is 18.2. The van der Waals surface area contributed by atoms with Crippen LogP contribution in [0.1, 0.15) is 36.5 Å². The smallest absolute Gasteiger partial charge is 0.334 e. The van der Waals surface area contributed by atoms with Gasteiger partial charge in [-0.15, -0.1) is 0 Å². The van der Waals surface area contributed by atoms with Crippen LogP contribution in [-0.4, -0.2) is 18.0 Å². The molecule has 2 fully saturated rings. The van der Waals surface area contributed by atoms with Crippen molar-refractivity contribution in [3.8, 4) is 11.1 Å². The second kappa shape index (κ2) is 7.47. The first-order chi connectivity index (χ1) is 13.5. The van der Waals surface area contributed by atoms with Crippen molar-refractivity contribution in [1.82, 2.24) is 0 Å². The molecule has 0 radical (unpaired) electrons. The van der Waals surface area contributed by atoms with E-state index >= 15 is 0 Å². The molecule has 28 heavy (non-hydrogen) atoms. The number of hydrogen-bond acceptors (Lipinski definition) is 4. The number of aryl methyl sites for hydroxylation is 1. The highest BCUT2D eigenvalue weighted by molar-refractivity contribution is 5.90. The molecule has 4 rings (SSSR count). The van der Waals surface area contributed by atoms with Gasteiger partial charge in [-0.05, 0) is 35.1 Å². The molecule has 0 N–H and O–H groups in total. The van der Waals surface area contributed by atoms with Gasteiger partial charge < -0.3 is 9.47 Å². The van der Waals surface area contributed by atoms with E-state index in [0.29, 0.717) is 24.0 Å². The van der Waals surface area contributed by atoms with Crippen LogP contribution in [0.4, 0.5) is 0 Å². The predicted molar refractivity (Wildman–Crippen MR) is 106 cm³/mol. The number of hydrogen-bond donors (Lipinski definition) is 0. The van der Waals surface area contributed by atoms with Gasteiger partial charge in [0.05, 0.1) is 0 Å². The van der Waals surface area contributed by atoms with E-state index in [0.717, 1.165) is 29.5 Å². The molecule has 2 atom stereocenters. The van der Waals surface area contributed by atoms with Gasteiger partial charge in [-0.3, -0.25) is 0 Å². The molecule has 2 unspecified atom stereocenters. The van der Waals surface area contributed by atoms with Crippen LogP contribution in [0.25, 0.3) is 11.1 Å². The Kier molecular flexibility index (Phi) is 4.86. The average molecular weight is 374 g/mol. The van der Waals surface area contributed by atoms with Crippen LogP contribution in [0.2, 0.25) is 0 Å². The minimum atomic E-state index is -0.304. The van der Waals surface area contributed by atoms with E-state index in [1.807, 2.05) is 24.3 Å². The third-order valence-electron chi connectivity index (χ3n) is 5.33. The molecule has 0 bridgehead atoms. The summed E-state index contributed by atoms with van der Waals surface area (Å²) in [7, 11) is 0. The van der Waals surface area contributed by atoms with Crippen molar-refractivity contribution < 1.29 is 19.1 Å². The van der Waals surface area contributed by atoms with Crippen molar-refractivity contribution in [1.29, 1.82) is 0 Å². The van der Waals surface area contributed by atoms with Crippen molar-refractivity contribution in [3.05, 3.63) is 84.0 Å². The highest BCUT2D eigenvalue weighted by atomic mass is 16.6. The summed E-state index contributed by atoms with van der Waals surface area (Å²) in [6.07, 6.45) is 2.58. The Balaban J connectivity index is 1.37. The van der Waals surface area contributed by atoms with E-state index in [2.05, 4.69) is 37.4 Å². The standard InChI is InChI=1S/C24H22O4/c1-15-13-21(27-23(15)25)12-5-17-3-6-18(7-4-17)19-8-10-20(11-9-19)22-14-16(2)24(26)28-22/h3-4,6-11,21-22H,1-2,5,12-14H2. The maximum atomic E-state index is 11.5. The highest BCUT2D eigenvalue weighted by Crippen LogP contribution is 2.33. The number of carbonyl (C=O) groups excluding carboxylic acids is 2. The van der Waals surface area contributed by atoms with E-state index in [-0.39, 0.29) is 24.1 Å². The van der Waals surface area contributed by atoms with Gasteiger partial charge in [0.25, 0.3) is 0 Å². The Morgan fingerprint density at radius 1 is 0.786 bits per heavy atom. The van der Waals surface area contributed by atoms with Crippen LogP contribution in [0.3, 0.4) is 0 Å². The van der Waals surface area contributed by atoms with Crippen molar-refractivity contribution in [2.24, 2.45) is 0 Å². The second-order valence-electron chi connectivity index (χ2n) is 7.39. The minimum absolute atomic E-state index is 0.0482. The van der Waals surface area contributed by atoms with Crippen LogP contribution < -0.4 is 0 Å². The summed E-state index contributed by atoms with van der Waals surface area (Å²) in [6.45, 7) is 7.45. The van der Waals surface area contributed by atoms with Gasteiger partial charge in [0.2, 0.25) is 0 Å². The largest absolute Gasteiger partial charge is 0.459 e. The molecule has 0 saturated carbocycles. The number of carbonyl (C=O) groups is 2. The maximum Gasteiger partial charge on any atom is 0.334 e. The van der Waals surface area contributed by atoms with Crippen LogP contribution in [-0.2, 0) is 25.5 Å². The molecular formula is C24H22O4. The lowest BCUT2D eigenvalue weighted by atomic mass is 9.98. The fourth-order valence-electron chi connectivity index (χ4n) is 3.62. The van der Waals surface area contributed by atoms with Crippen molar-refractivity contribution in [2.75, 3.05) is 0 Å². The average Bonchev–Trinajstić information content (AvgIpc) is 3.21. The summed E-state index contributed by atoms with van der Waals surface area (Å²) >= 11 is 0. The quantitative estimate of drug-likeness (QED) is 0.562. The summed E-state index contributed by atoms with van der Waals surface area (Å²) in [5.41, 5.74) is 5.54. The minimum Gasteiger partial charge on any atom is -0.459 e. The van der Waals surface area contributed by atoms with Gasteiger partial charge in [0.1, 0.15) is 12.2 Å². The zero-order chi connectivity index (χ0) is 19.7. The molecule has 0 spiro atoms. The first-order valence-corrected chi connectivity index (χ1v) is 9.46. The van der Waals surface area contributed by atoms with Gasteiger partial charge in [0, 0.05) is 24.0 Å². The van der Waals surface area contributed by atoms with Gasteiger partial charge in [-0.25, -0.2) is 9.59 Å². The molecule has 4 heteroatoms. The van der Waals surface area contributed by atoms with Crippen LogP contribution in [0.15, 0.2) is 72.8 Å². The molecule has 2 aromatic carbocycles. The van der Waals surface area contributed by atoms with E-state index in [1.54, 1.807) is 0 Å². The molecule has 0 aliphatic carbocycles. The predicted octanol–water partition coefficient (Wildman–Crippen LogP) is 4.70. The summed E-state index contributed by atoms with van der Waals surface area (Å²) in [5.74, 6) is -0.568. The Labute approximate surface area is 164 Å². The van der Waals surface area contributed by atoms with E-state index in [9.17, 15) is 9.59 Å². The molecule has 4 nitrogen and oxygen atoms in total. The third-order valence-corrected chi connectivity index (χ3v) is 5.33. The summed E-state index contributed by atoms with van der Waals surface area (Å²) in [4.78, 5) is 22.9. The Morgan fingerprint density at radius 2 is 1.36 bits per heavy atom. The van der Waals surface area contributed by atoms with Gasteiger partial charge >= 0.3 is 11.9 Å². The summed E-state index contributed by atoms with van der Waals surface area (Å²) in [6, 6.07) is 16.5. The number of ether oxygens (including phenoxy) is 2. The van der Waals surface area contributed by atoms with E-state index in [4.69, 9.17) is 9.47 Å². The highest BCUT2D eigenvalue weighted by Gasteiger charge is 2.28. The first-order valence-electron chi connectivity index (χ1n) is 9.46. The number of cyclic esters (lactones) is 2. The Morgan fingerprint density at radius 3 is 1.89 bits per heavy atom. The third kappa shape index (κ3) is 3.77. The Hall–Kier alpha value is -3.14. The van der Waals surface area contributed by atoms with Crippen molar-refractivity contribution in [3.63, 3.8) is 0 Å². The molecule has 2 heterocycles. The zero-order valence-electron chi connectivity index (χ0n) is 15.6. The van der Waals surface area contributed by atoms with Gasteiger partial charge in [0.15, 0.2) is 0 Å². The molecule has 2 aliphatic rings. The SMILES string of the molecule is C=C1CC(CCc2ccc(-c3ccc(C4CC(=C)C(=O)O4)cc3)cc2)OC1=O. The lowest BCUT2D eigenvalue weighted by Gasteiger charge is -2.11. The number of rotatable bonds is 5. The van der Waals surface area contributed by atoms with Crippen molar-refractivity contribution in [2.45, 2.75) is 37.9 Å². The zero-order valence-corrected chi connectivity index (χ0v) is 15.6. The molecule has 0 aromatic heterocycles. The topological polar surface area (TPSA) is 52.6 Å². The summed E-state index contributed by atoms with van der Waals surface area (Å²) < 4.78 is 10.6. The number of benzene rings is 2. The molecule has 142 valence electrons. The van der Waals surface area contributed by atoms with Crippen LogP contribution in [0, 0.1) is 0 Å². The van der Waals surface area contributed by atoms with Gasteiger partial charge in [-0.1, -0.05) is 61.7 Å². The van der Waals surface area contributed by atoms with Crippen LogP contribution >= 0.6 is 0 Å². The van der Waals surface area contributed by atoms with E-state index in [1.165, 1.54) is 5.56 Å². The molecule has 0 amide bonds. The van der Waals surface area contributed by atoms with E-state index < -0.39 is 0 Å². The molecule has 2 aromatic rings. The summed E-state index contributed by atoms with van der Waals surface area (Å²) in [5, 5.41) is 0. The second-order valence-corrected chi connectivity index (χ2v) is 7.39. The lowest BCUT2D eigenvalue weighted by Crippen LogP contribution is -2.07. The van der Waals surface area contributed by atoms with Crippen LogP contribution in [0.5, 0.6) is 0 Å². The van der Waals surface area contributed by atoms with Gasteiger partial charge in [-0.2, -0.15) is 0 Å². The molecule has 2 saturated heterocycles. The normalized spacial score (nSPS) is 21.7. The molecule has 2 aliphatic heterocycles. The lowest BCUT2D eigenvalue weighted by molar-refractivity contribution is -0.139. The fraction of sp³-hybridized carbons (Fsp3) is 0.250. The van der Waals surface area contributed by atoms with Crippen molar-refractivity contribution >= 4 is 11.9 Å². The fourth-order valence-corrected chi connectivity index (χ4v) is 3.62. The molecular weight excluding hydrogens is 352 g/mol. The monoisotopic (exact) mass is 374 g/mol.